The van der Waals surface area contributed by atoms with Crippen molar-refractivity contribution in [1.29, 1.82) is 0 Å². The minimum absolute atomic E-state index is 0.0655. The fourth-order valence-corrected chi connectivity index (χ4v) is 2.64. The van der Waals surface area contributed by atoms with Gasteiger partial charge >= 0.3 is 5.97 Å². The molecular weight excluding hydrogens is 250 g/mol. The highest BCUT2D eigenvalue weighted by atomic mass is 32.1. The van der Waals surface area contributed by atoms with Crippen molar-refractivity contribution in [3.8, 4) is 0 Å². The molecule has 0 bridgehead atoms. The van der Waals surface area contributed by atoms with Gasteiger partial charge in [0, 0.05) is 11.3 Å². The van der Waals surface area contributed by atoms with E-state index >= 15 is 0 Å². The highest BCUT2D eigenvalue weighted by Gasteiger charge is 2.21. The summed E-state index contributed by atoms with van der Waals surface area (Å²) in [6.45, 7) is 7.83. The van der Waals surface area contributed by atoms with Crippen LogP contribution >= 0.6 is 11.3 Å². The van der Waals surface area contributed by atoms with Gasteiger partial charge in [-0.1, -0.05) is 6.92 Å². The molecular formula is C13H19NO3S. The fourth-order valence-electron chi connectivity index (χ4n) is 1.58. The van der Waals surface area contributed by atoms with Gasteiger partial charge in [-0.3, -0.25) is 4.79 Å². The van der Waals surface area contributed by atoms with Crippen LogP contribution in [0, 0.1) is 13.8 Å². The lowest BCUT2D eigenvalue weighted by Crippen LogP contribution is -2.14. The van der Waals surface area contributed by atoms with E-state index in [0.29, 0.717) is 23.6 Å². The Balaban J connectivity index is 3.00. The first kappa shape index (κ1) is 14.7. The van der Waals surface area contributed by atoms with Crippen LogP contribution in [-0.4, -0.2) is 18.5 Å². The number of hydrogen-bond donors (Lipinski definition) is 1. The number of rotatable bonds is 5. The van der Waals surface area contributed by atoms with Crippen LogP contribution in [0.2, 0.25) is 0 Å². The molecule has 0 aromatic carbocycles. The van der Waals surface area contributed by atoms with Gasteiger partial charge in [0.15, 0.2) is 0 Å². The van der Waals surface area contributed by atoms with Crippen LogP contribution in [0.4, 0.5) is 5.00 Å². The second-order valence-corrected chi connectivity index (χ2v) is 5.23. The number of esters is 1. The van der Waals surface area contributed by atoms with Crippen molar-refractivity contribution >= 4 is 28.2 Å². The first-order valence-corrected chi connectivity index (χ1v) is 6.89. The number of nitrogens with one attached hydrogen (secondary N) is 1. The Bertz CT molecular complexity index is 451. The zero-order valence-electron chi connectivity index (χ0n) is 11.3. The SMILES string of the molecule is CCCC(=O)Nc1sc(C)c(C)c1C(=O)OCC. The molecule has 0 atom stereocenters. The molecule has 5 heteroatoms. The van der Waals surface area contributed by atoms with E-state index in [0.717, 1.165) is 16.9 Å². The Morgan fingerprint density at radius 2 is 1.94 bits per heavy atom. The maximum absolute atomic E-state index is 11.9. The summed E-state index contributed by atoms with van der Waals surface area (Å²) >= 11 is 1.42. The smallest absolute Gasteiger partial charge is 0.341 e. The van der Waals surface area contributed by atoms with Gasteiger partial charge in [0.25, 0.3) is 0 Å². The van der Waals surface area contributed by atoms with Crippen LogP contribution in [0.3, 0.4) is 0 Å². The highest BCUT2D eigenvalue weighted by Crippen LogP contribution is 2.33. The minimum atomic E-state index is -0.369. The van der Waals surface area contributed by atoms with Crippen molar-refractivity contribution in [3.05, 3.63) is 16.0 Å². The van der Waals surface area contributed by atoms with Crippen LogP contribution in [-0.2, 0) is 9.53 Å². The molecule has 1 N–H and O–H groups in total. The predicted octanol–water partition coefficient (Wildman–Crippen LogP) is 3.28. The number of hydrogen-bond acceptors (Lipinski definition) is 4. The third-order valence-electron chi connectivity index (χ3n) is 2.59. The molecule has 0 aliphatic heterocycles. The lowest BCUT2D eigenvalue weighted by molar-refractivity contribution is -0.116. The second-order valence-electron chi connectivity index (χ2n) is 4.01. The molecule has 18 heavy (non-hydrogen) atoms. The first-order valence-electron chi connectivity index (χ1n) is 6.08. The van der Waals surface area contributed by atoms with Crippen LogP contribution in [0.1, 0.15) is 47.5 Å². The standard InChI is InChI=1S/C13H19NO3S/c1-5-7-10(15)14-12-11(13(16)17-6-2)8(3)9(4)18-12/h5-7H2,1-4H3,(H,14,15). The summed E-state index contributed by atoms with van der Waals surface area (Å²) in [4.78, 5) is 24.5. The molecule has 0 spiro atoms. The van der Waals surface area contributed by atoms with Gasteiger partial charge in [0.1, 0.15) is 5.00 Å². The monoisotopic (exact) mass is 269 g/mol. The number of carbonyl (C=O) groups is 2. The van der Waals surface area contributed by atoms with Crippen LogP contribution < -0.4 is 5.32 Å². The Morgan fingerprint density at radius 1 is 1.28 bits per heavy atom. The van der Waals surface area contributed by atoms with Crippen molar-refractivity contribution in [2.75, 3.05) is 11.9 Å². The lowest BCUT2D eigenvalue weighted by atomic mass is 10.1. The quantitative estimate of drug-likeness (QED) is 0.835. The van der Waals surface area contributed by atoms with E-state index in [1.54, 1.807) is 6.92 Å². The first-order chi connectivity index (χ1) is 8.51. The number of ether oxygens (including phenoxy) is 1. The molecule has 0 saturated heterocycles. The van der Waals surface area contributed by atoms with Gasteiger partial charge in [-0.2, -0.15) is 0 Å². The number of amides is 1. The van der Waals surface area contributed by atoms with E-state index < -0.39 is 0 Å². The molecule has 0 saturated carbocycles. The van der Waals surface area contributed by atoms with E-state index in [1.165, 1.54) is 11.3 Å². The number of carbonyl (C=O) groups excluding carboxylic acids is 2. The normalized spacial score (nSPS) is 10.2. The highest BCUT2D eigenvalue weighted by molar-refractivity contribution is 7.16. The minimum Gasteiger partial charge on any atom is -0.462 e. The Hall–Kier alpha value is -1.36. The number of thiophene rings is 1. The molecule has 100 valence electrons. The summed E-state index contributed by atoms with van der Waals surface area (Å²) in [6, 6.07) is 0. The lowest BCUT2D eigenvalue weighted by Gasteiger charge is -2.06. The Morgan fingerprint density at radius 3 is 2.50 bits per heavy atom. The van der Waals surface area contributed by atoms with Crippen molar-refractivity contribution < 1.29 is 14.3 Å². The third-order valence-corrected chi connectivity index (χ3v) is 3.72. The summed E-state index contributed by atoms with van der Waals surface area (Å²) in [5.74, 6) is -0.435. The average molecular weight is 269 g/mol. The van der Waals surface area contributed by atoms with Gasteiger partial charge in [-0.25, -0.2) is 4.79 Å². The zero-order chi connectivity index (χ0) is 13.7. The maximum Gasteiger partial charge on any atom is 0.341 e. The van der Waals surface area contributed by atoms with Crippen LogP contribution in [0.25, 0.3) is 0 Å². The van der Waals surface area contributed by atoms with E-state index in [9.17, 15) is 9.59 Å². The van der Waals surface area contributed by atoms with Crippen molar-refractivity contribution in [3.63, 3.8) is 0 Å². The van der Waals surface area contributed by atoms with E-state index in [1.807, 2.05) is 20.8 Å². The van der Waals surface area contributed by atoms with Crippen LogP contribution in [0.15, 0.2) is 0 Å². The van der Waals surface area contributed by atoms with Crippen molar-refractivity contribution in [2.24, 2.45) is 0 Å². The molecule has 0 aliphatic rings. The summed E-state index contributed by atoms with van der Waals surface area (Å²) in [5, 5.41) is 3.39. The van der Waals surface area contributed by atoms with Gasteiger partial charge in [-0.05, 0) is 32.8 Å². The average Bonchev–Trinajstić information content (AvgIpc) is 2.55. The van der Waals surface area contributed by atoms with Gasteiger partial charge in [0.05, 0.1) is 12.2 Å². The molecule has 1 amide bonds. The maximum atomic E-state index is 11.9. The molecule has 4 nitrogen and oxygen atoms in total. The molecule has 1 rings (SSSR count). The van der Waals surface area contributed by atoms with Gasteiger partial charge in [0.2, 0.25) is 5.91 Å². The molecule has 0 unspecified atom stereocenters. The molecule has 0 radical (unpaired) electrons. The molecule has 1 aromatic rings. The third kappa shape index (κ3) is 3.32. The number of aryl methyl sites for hydroxylation is 1. The molecule has 1 heterocycles. The topological polar surface area (TPSA) is 55.4 Å². The summed E-state index contributed by atoms with van der Waals surface area (Å²) in [7, 11) is 0. The fraction of sp³-hybridized carbons (Fsp3) is 0.538. The van der Waals surface area contributed by atoms with Crippen molar-refractivity contribution in [1.82, 2.24) is 0 Å². The molecule has 1 aromatic heterocycles. The van der Waals surface area contributed by atoms with E-state index in [2.05, 4.69) is 5.32 Å². The zero-order valence-corrected chi connectivity index (χ0v) is 12.1. The predicted molar refractivity (Wildman–Crippen MR) is 73.3 cm³/mol. The van der Waals surface area contributed by atoms with Gasteiger partial charge < -0.3 is 10.1 Å². The molecule has 0 aliphatic carbocycles. The largest absolute Gasteiger partial charge is 0.462 e. The van der Waals surface area contributed by atoms with E-state index in [4.69, 9.17) is 4.74 Å². The van der Waals surface area contributed by atoms with Crippen molar-refractivity contribution in [2.45, 2.75) is 40.5 Å². The number of anilines is 1. The molecule has 0 fully saturated rings. The Labute approximate surface area is 111 Å². The Kier molecular flexibility index (Phi) is 5.34. The van der Waals surface area contributed by atoms with Crippen LogP contribution in [0.5, 0.6) is 0 Å². The second kappa shape index (κ2) is 6.54. The van der Waals surface area contributed by atoms with E-state index in [-0.39, 0.29) is 11.9 Å². The summed E-state index contributed by atoms with van der Waals surface area (Å²) in [6.07, 6.45) is 1.24. The van der Waals surface area contributed by atoms with Gasteiger partial charge in [-0.15, -0.1) is 11.3 Å². The summed E-state index contributed by atoms with van der Waals surface area (Å²) in [5.41, 5.74) is 1.37. The summed E-state index contributed by atoms with van der Waals surface area (Å²) < 4.78 is 5.02.